The number of rotatable bonds is 11. The first-order valence-corrected chi connectivity index (χ1v) is 38.0. The van der Waals surface area contributed by atoms with Gasteiger partial charge in [-0.05, 0) is 132 Å². The van der Waals surface area contributed by atoms with E-state index >= 15 is 33.6 Å². The van der Waals surface area contributed by atoms with Crippen LogP contribution in [-0.2, 0) is 57.5 Å². The Balaban J connectivity index is 1.28. The number of likely N-dealkylation sites (tertiary alicyclic amines) is 1. The molecule has 101 heavy (non-hydrogen) atoms. The SMILES string of the molecule is CC[C@H](C)[C@@H]1NC(=O)[C@H](CC(C)C)N(C)C(=O)C[C@@H](C(=O)N2CCC(C)CC2)N(C)C(=O)[C@H](C(C)C)N(C)C(=O)C2(CCCC2)NC(=O)[C@@H]2CCCN2C(=O)[C@H](CCC2CCC(C(F)(F)F)C(Cl)C2)NC(=O)CN(C)C(=O)[C@H](CC2CCCCC2)N(C)C(=O)[C@@H]2CCN2C(=O)[C@H](C)N(C)C1=O. The molecule has 3 N–H and O–H groups in total. The summed E-state index contributed by atoms with van der Waals surface area (Å²) in [5.74, 6) is -10.4. The summed E-state index contributed by atoms with van der Waals surface area (Å²) in [6.45, 7) is 14.8. The third kappa shape index (κ3) is 19.6. The Hall–Kier alpha value is -6.28. The number of alkyl halides is 4. The minimum absolute atomic E-state index is 0.000443. The lowest BCUT2D eigenvalue weighted by Crippen LogP contribution is -2.65. The van der Waals surface area contributed by atoms with E-state index in [0.29, 0.717) is 57.5 Å². The molecule has 3 unspecified atom stereocenters. The van der Waals surface area contributed by atoms with Crippen LogP contribution in [0.5, 0.6) is 0 Å². The van der Waals surface area contributed by atoms with E-state index in [1.54, 1.807) is 25.7 Å². The van der Waals surface area contributed by atoms with Gasteiger partial charge in [-0.1, -0.05) is 99.8 Å². The van der Waals surface area contributed by atoms with Gasteiger partial charge in [0, 0.05) is 73.8 Å². The molecule has 28 heteroatoms. The van der Waals surface area contributed by atoms with Crippen LogP contribution in [0.4, 0.5) is 13.2 Å². The van der Waals surface area contributed by atoms with Gasteiger partial charge in [-0.25, -0.2) is 0 Å². The van der Waals surface area contributed by atoms with Crippen LogP contribution in [0.1, 0.15) is 203 Å². The van der Waals surface area contributed by atoms with Crippen molar-refractivity contribution in [3.63, 3.8) is 0 Å². The molecule has 7 rings (SSSR count). The Kier molecular flexibility index (Phi) is 28.8. The fraction of sp³-hybridized carbons (Fsp3) is 0.836. The number of nitrogens with one attached hydrogen (secondary N) is 3. The molecule has 0 aromatic rings. The number of hydrogen-bond donors (Lipinski definition) is 3. The second-order valence-corrected chi connectivity index (χ2v) is 32.2. The minimum Gasteiger partial charge on any atom is -0.343 e. The number of amides is 12. The molecule has 4 saturated heterocycles. The molecule has 7 fully saturated rings. The van der Waals surface area contributed by atoms with E-state index in [0.717, 1.165) is 32.1 Å². The number of likely N-dealkylation sites (N-methyl/N-ethyl adjacent to an activating group) is 6. The molecule has 1 spiro atoms. The molecule has 3 aliphatic carbocycles. The summed E-state index contributed by atoms with van der Waals surface area (Å²) in [6, 6.07) is -10.8. The first kappa shape index (κ1) is 82.0. The summed E-state index contributed by atoms with van der Waals surface area (Å²) >= 11 is 6.41. The first-order chi connectivity index (χ1) is 47.4. The average molecular weight is 1450 g/mol. The maximum absolute atomic E-state index is 15.5. The molecule has 4 heterocycles. The van der Waals surface area contributed by atoms with Gasteiger partial charge in [0.2, 0.25) is 70.9 Å². The van der Waals surface area contributed by atoms with E-state index in [2.05, 4.69) is 22.9 Å². The number of fused-ring (bicyclic) bond motifs is 2. The molecule has 570 valence electrons. The second-order valence-electron chi connectivity index (χ2n) is 31.7. The van der Waals surface area contributed by atoms with Crippen molar-refractivity contribution in [1.29, 1.82) is 0 Å². The van der Waals surface area contributed by atoms with Crippen LogP contribution in [0.15, 0.2) is 0 Å². The van der Waals surface area contributed by atoms with Crippen molar-refractivity contribution in [2.75, 3.05) is 75.0 Å². The smallest absolute Gasteiger partial charge is 0.343 e. The normalized spacial score (nSPS) is 31.0. The van der Waals surface area contributed by atoms with Crippen LogP contribution in [0, 0.1) is 41.4 Å². The standard InChI is InChI=1S/C73H118ClF3N12O12/c1-15-46(7)60-69(99)82(10)47(8)64(94)89-37-31-54(89)67(97)84(12)56(40-48-22-17-16-18-23-48)66(96)81(9)42-58(90)78-52(28-26-49-25-27-50(51(74)39-49)73(75,76)77)65(95)88-34-21-24-53(88)63(93)80-72(32-19-20-33-72)71(101)86(14)61(44(4)5)70(100)85(13)57(68(98)87-35-29-45(6)30-36-87)41-59(91)83(11)55(38-43(2)3)62(92)79-60/h43-57,60-61H,15-42H2,1-14H3,(H,78,90)(H,79,92)(H,80,93)/t46-,47-,49?,50?,51?,52-,53-,54-,55-,56-,57-,60-,61-/m0/s1. The molecule has 7 aliphatic rings. The molecule has 0 aromatic heterocycles. The molecule has 4 aliphatic heterocycles. The lowest BCUT2D eigenvalue weighted by atomic mass is 9.78. The highest BCUT2D eigenvalue weighted by molar-refractivity contribution is 6.21. The van der Waals surface area contributed by atoms with Crippen LogP contribution >= 0.6 is 11.6 Å². The topological polar surface area (TPSA) is 270 Å². The van der Waals surface area contributed by atoms with E-state index < -0.39 is 173 Å². The maximum atomic E-state index is 15.5. The van der Waals surface area contributed by atoms with Crippen molar-refractivity contribution in [1.82, 2.24) is 60.0 Å². The van der Waals surface area contributed by atoms with Gasteiger partial charge in [0.25, 0.3) is 0 Å². The van der Waals surface area contributed by atoms with Gasteiger partial charge in [-0.2, -0.15) is 13.2 Å². The summed E-state index contributed by atoms with van der Waals surface area (Å²) in [4.78, 5) is 192. The number of nitrogens with zero attached hydrogens (tertiary/aromatic N) is 9. The molecule has 13 atom stereocenters. The van der Waals surface area contributed by atoms with Gasteiger partial charge in [0.1, 0.15) is 59.9 Å². The minimum atomic E-state index is -4.51. The number of piperidine rings is 1. The van der Waals surface area contributed by atoms with E-state index in [-0.39, 0.29) is 101 Å². The lowest BCUT2D eigenvalue weighted by molar-refractivity contribution is -0.182. The van der Waals surface area contributed by atoms with Crippen LogP contribution in [0.3, 0.4) is 0 Å². The Labute approximate surface area is 601 Å². The predicted octanol–water partition coefficient (Wildman–Crippen LogP) is 6.34. The van der Waals surface area contributed by atoms with Crippen molar-refractivity contribution in [2.45, 2.75) is 275 Å². The Bertz CT molecular complexity index is 2980. The number of hydrogen-bond acceptors (Lipinski definition) is 12. The highest BCUT2D eigenvalue weighted by atomic mass is 35.5. The van der Waals surface area contributed by atoms with Crippen molar-refractivity contribution >= 4 is 82.5 Å². The van der Waals surface area contributed by atoms with E-state index in [1.165, 1.54) is 88.4 Å². The zero-order chi connectivity index (χ0) is 74.9. The van der Waals surface area contributed by atoms with E-state index in [9.17, 15) is 37.1 Å². The molecule has 3 saturated carbocycles. The average Bonchev–Trinajstić information content (AvgIpc) is 1.77. The highest BCUT2D eigenvalue weighted by Crippen LogP contribution is 2.44. The molecule has 0 aromatic carbocycles. The van der Waals surface area contributed by atoms with Crippen LogP contribution in [-0.4, -0.2) is 261 Å². The van der Waals surface area contributed by atoms with Gasteiger partial charge in [0.05, 0.1) is 18.9 Å². The van der Waals surface area contributed by atoms with Crippen LogP contribution < -0.4 is 16.0 Å². The molecular weight excluding hydrogens is 1330 g/mol. The largest absolute Gasteiger partial charge is 0.393 e. The highest BCUT2D eigenvalue weighted by Gasteiger charge is 2.52. The molecule has 0 radical (unpaired) electrons. The molecule has 24 nitrogen and oxygen atoms in total. The van der Waals surface area contributed by atoms with Gasteiger partial charge in [0.15, 0.2) is 0 Å². The van der Waals surface area contributed by atoms with Crippen molar-refractivity contribution in [3.8, 4) is 0 Å². The number of carbonyl (C=O) groups excluding carboxylic acids is 12. The zero-order valence-corrected chi connectivity index (χ0v) is 63.3. The zero-order valence-electron chi connectivity index (χ0n) is 62.5. The quantitative estimate of drug-likeness (QED) is 0.191. The van der Waals surface area contributed by atoms with E-state index in [1.807, 2.05) is 20.8 Å². The van der Waals surface area contributed by atoms with Gasteiger partial charge >= 0.3 is 6.18 Å². The number of halogens is 4. The summed E-state index contributed by atoms with van der Waals surface area (Å²) < 4.78 is 42.1. The van der Waals surface area contributed by atoms with Crippen LogP contribution in [0.2, 0.25) is 0 Å². The van der Waals surface area contributed by atoms with Crippen molar-refractivity contribution in [2.24, 2.45) is 41.4 Å². The second kappa shape index (κ2) is 35.5. The fourth-order valence-electron chi connectivity index (χ4n) is 16.6. The summed E-state index contributed by atoms with van der Waals surface area (Å²) in [7, 11) is 8.68. The Morgan fingerprint density at radius 2 is 1.24 bits per heavy atom. The van der Waals surface area contributed by atoms with Crippen LogP contribution in [0.25, 0.3) is 0 Å². The summed E-state index contributed by atoms with van der Waals surface area (Å²) in [6.07, 6.45) is 3.66. The lowest BCUT2D eigenvalue weighted by Gasteiger charge is -2.45. The van der Waals surface area contributed by atoms with Gasteiger partial charge in [-0.15, -0.1) is 11.6 Å². The Morgan fingerprint density at radius 3 is 1.81 bits per heavy atom. The fourth-order valence-corrected chi connectivity index (χ4v) is 17.1. The Morgan fingerprint density at radius 1 is 0.604 bits per heavy atom. The third-order valence-electron chi connectivity index (χ3n) is 23.7. The third-order valence-corrected chi connectivity index (χ3v) is 24.2. The van der Waals surface area contributed by atoms with Crippen molar-refractivity contribution < 1.29 is 70.7 Å². The summed E-state index contributed by atoms with van der Waals surface area (Å²) in [5, 5.41) is 7.62. The van der Waals surface area contributed by atoms with Gasteiger partial charge in [-0.3, -0.25) is 57.5 Å². The monoisotopic (exact) mass is 1450 g/mol. The molecule has 0 bridgehead atoms. The summed E-state index contributed by atoms with van der Waals surface area (Å²) in [5.41, 5.74) is -1.57. The molecular formula is C73H118ClF3N12O12. The number of carbonyl (C=O) groups is 12. The first-order valence-electron chi connectivity index (χ1n) is 37.5. The van der Waals surface area contributed by atoms with Gasteiger partial charge < -0.3 is 60.0 Å². The molecule has 12 amide bonds. The predicted molar refractivity (Wildman–Crippen MR) is 374 cm³/mol. The maximum Gasteiger partial charge on any atom is 0.393 e. The van der Waals surface area contributed by atoms with E-state index in [4.69, 9.17) is 11.6 Å². The van der Waals surface area contributed by atoms with Crippen molar-refractivity contribution in [3.05, 3.63) is 0 Å².